The smallest absolute Gasteiger partial charge is 0.255 e. The van der Waals surface area contributed by atoms with Gasteiger partial charge >= 0.3 is 0 Å². The van der Waals surface area contributed by atoms with Crippen LogP contribution < -0.4 is 5.32 Å². The molecule has 0 saturated carbocycles. The standard InChI is InChI=1S/C14H11Cl2NO3S/c1-21(19,20)11-6-7-12(16)13(8-11)17-14(18)9-2-4-10(15)5-3-9/h2-8H,1H3,(H,17,18). The number of halogens is 2. The Bertz CT molecular complexity index is 786. The molecule has 0 atom stereocenters. The molecule has 0 aliphatic rings. The second-order valence-electron chi connectivity index (χ2n) is 4.37. The molecule has 0 aliphatic heterocycles. The van der Waals surface area contributed by atoms with Crippen LogP contribution in [0.25, 0.3) is 0 Å². The van der Waals surface area contributed by atoms with E-state index in [1.807, 2.05) is 0 Å². The predicted molar refractivity (Wildman–Crippen MR) is 84.0 cm³/mol. The fraction of sp³-hybridized carbons (Fsp3) is 0.0714. The first-order chi connectivity index (χ1) is 9.77. The lowest BCUT2D eigenvalue weighted by molar-refractivity contribution is 0.102. The zero-order valence-electron chi connectivity index (χ0n) is 10.9. The Morgan fingerprint density at radius 1 is 1.05 bits per heavy atom. The van der Waals surface area contributed by atoms with Crippen molar-refractivity contribution in [1.82, 2.24) is 0 Å². The van der Waals surface area contributed by atoms with E-state index in [9.17, 15) is 13.2 Å². The van der Waals surface area contributed by atoms with Crippen molar-refractivity contribution in [3.8, 4) is 0 Å². The van der Waals surface area contributed by atoms with Crippen LogP contribution in [0.15, 0.2) is 47.4 Å². The van der Waals surface area contributed by atoms with E-state index in [2.05, 4.69) is 5.32 Å². The number of benzene rings is 2. The summed E-state index contributed by atoms with van der Waals surface area (Å²) in [5.74, 6) is -0.404. The van der Waals surface area contributed by atoms with Gasteiger partial charge in [0.1, 0.15) is 0 Å². The quantitative estimate of drug-likeness (QED) is 0.924. The number of nitrogens with one attached hydrogen (secondary N) is 1. The molecule has 0 aromatic heterocycles. The minimum Gasteiger partial charge on any atom is -0.321 e. The van der Waals surface area contributed by atoms with E-state index >= 15 is 0 Å². The van der Waals surface area contributed by atoms with Gasteiger partial charge in [-0.3, -0.25) is 4.79 Å². The molecule has 1 amide bonds. The first kappa shape index (κ1) is 15.8. The van der Waals surface area contributed by atoms with Crippen LogP contribution >= 0.6 is 23.2 Å². The highest BCUT2D eigenvalue weighted by Gasteiger charge is 2.13. The third kappa shape index (κ3) is 3.97. The first-order valence-electron chi connectivity index (χ1n) is 5.84. The number of anilines is 1. The molecule has 7 heteroatoms. The van der Waals surface area contributed by atoms with E-state index in [4.69, 9.17) is 23.2 Å². The van der Waals surface area contributed by atoms with E-state index in [1.165, 1.54) is 18.2 Å². The Hall–Kier alpha value is -1.56. The molecule has 0 bridgehead atoms. The summed E-state index contributed by atoms with van der Waals surface area (Å²) in [5.41, 5.74) is 0.625. The fourth-order valence-electron chi connectivity index (χ4n) is 1.63. The Labute approximate surface area is 132 Å². The SMILES string of the molecule is CS(=O)(=O)c1ccc(Cl)c(NC(=O)c2ccc(Cl)cc2)c1. The number of rotatable bonds is 3. The number of amides is 1. The molecule has 2 aromatic rings. The maximum Gasteiger partial charge on any atom is 0.255 e. The zero-order valence-corrected chi connectivity index (χ0v) is 13.3. The summed E-state index contributed by atoms with van der Waals surface area (Å²) < 4.78 is 23.0. The number of sulfone groups is 1. The van der Waals surface area contributed by atoms with E-state index in [-0.39, 0.29) is 15.6 Å². The summed E-state index contributed by atoms with van der Waals surface area (Å²) in [4.78, 5) is 12.2. The van der Waals surface area contributed by atoms with Crippen LogP contribution in [-0.2, 0) is 9.84 Å². The van der Waals surface area contributed by atoms with Crippen LogP contribution in [0, 0.1) is 0 Å². The molecule has 0 saturated heterocycles. The second-order valence-corrected chi connectivity index (χ2v) is 7.23. The number of carbonyl (C=O) groups is 1. The van der Waals surface area contributed by atoms with Gasteiger partial charge in [0, 0.05) is 16.8 Å². The monoisotopic (exact) mass is 343 g/mol. The average Bonchev–Trinajstić information content (AvgIpc) is 2.40. The molecule has 0 fully saturated rings. The summed E-state index contributed by atoms with van der Waals surface area (Å²) in [6.07, 6.45) is 1.08. The Morgan fingerprint density at radius 3 is 2.24 bits per heavy atom. The van der Waals surface area contributed by atoms with Crippen LogP contribution in [0.3, 0.4) is 0 Å². The van der Waals surface area contributed by atoms with Gasteiger partial charge in [0.05, 0.1) is 15.6 Å². The molecule has 0 aliphatic carbocycles. The van der Waals surface area contributed by atoms with Gasteiger partial charge in [-0.05, 0) is 42.5 Å². The van der Waals surface area contributed by atoms with Crippen LogP contribution in [0.5, 0.6) is 0 Å². The van der Waals surface area contributed by atoms with Gasteiger partial charge in [0.15, 0.2) is 9.84 Å². The Balaban J connectivity index is 2.31. The Kier molecular flexibility index (Phi) is 4.56. The molecule has 4 nitrogen and oxygen atoms in total. The van der Waals surface area contributed by atoms with Gasteiger partial charge in [0.2, 0.25) is 0 Å². The molecule has 21 heavy (non-hydrogen) atoms. The van der Waals surface area contributed by atoms with Gasteiger partial charge in [-0.25, -0.2) is 8.42 Å². The Morgan fingerprint density at radius 2 is 1.67 bits per heavy atom. The fourth-order valence-corrected chi connectivity index (χ4v) is 2.56. The molecular weight excluding hydrogens is 333 g/mol. The third-order valence-electron chi connectivity index (χ3n) is 2.72. The molecule has 2 rings (SSSR count). The lowest BCUT2D eigenvalue weighted by Crippen LogP contribution is -2.12. The molecule has 2 aromatic carbocycles. The van der Waals surface area contributed by atoms with Crippen molar-refractivity contribution in [2.24, 2.45) is 0 Å². The summed E-state index contributed by atoms with van der Waals surface area (Å²) in [7, 11) is -3.38. The molecule has 0 heterocycles. The summed E-state index contributed by atoms with van der Waals surface area (Å²) in [6.45, 7) is 0. The van der Waals surface area contributed by atoms with Gasteiger partial charge in [0.25, 0.3) is 5.91 Å². The minimum absolute atomic E-state index is 0.0818. The highest BCUT2D eigenvalue weighted by Crippen LogP contribution is 2.26. The van der Waals surface area contributed by atoms with E-state index < -0.39 is 15.7 Å². The van der Waals surface area contributed by atoms with Gasteiger partial charge in [-0.2, -0.15) is 0 Å². The van der Waals surface area contributed by atoms with Crippen LogP contribution in [0.4, 0.5) is 5.69 Å². The topological polar surface area (TPSA) is 63.2 Å². The van der Waals surface area contributed by atoms with Gasteiger partial charge < -0.3 is 5.32 Å². The molecule has 110 valence electrons. The van der Waals surface area contributed by atoms with Crippen LogP contribution in [0.2, 0.25) is 10.0 Å². The maximum atomic E-state index is 12.1. The molecule has 0 unspecified atom stereocenters. The zero-order chi connectivity index (χ0) is 15.6. The second kappa shape index (κ2) is 6.05. The number of hydrogen-bond donors (Lipinski definition) is 1. The largest absolute Gasteiger partial charge is 0.321 e. The lowest BCUT2D eigenvalue weighted by Gasteiger charge is -2.09. The summed E-state index contributed by atoms with van der Waals surface area (Å²) in [5, 5.41) is 3.35. The van der Waals surface area contributed by atoms with Crippen molar-refractivity contribution in [1.29, 1.82) is 0 Å². The summed E-state index contributed by atoms with van der Waals surface area (Å²) >= 11 is 11.7. The van der Waals surface area contributed by atoms with Crippen molar-refractivity contribution < 1.29 is 13.2 Å². The van der Waals surface area contributed by atoms with Crippen molar-refractivity contribution in [2.75, 3.05) is 11.6 Å². The molecular formula is C14H11Cl2NO3S. The van der Waals surface area contributed by atoms with E-state index in [0.29, 0.717) is 10.6 Å². The highest BCUT2D eigenvalue weighted by molar-refractivity contribution is 7.90. The van der Waals surface area contributed by atoms with Crippen molar-refractivity contribution in [3.63, 3.8) is 0 Å². The third-order valence-corrected chi connectivity index (χ3v) is 4.41. The van der Waals surface area contributed by atoms with Crippen LogP contribution in [0.1, 0.15) is 10.4 Å². The highest BCUT2D eigenvalue weighted by atomic mass is 35.5. The van der Waals surface area contributed by atoms with E-state index in [0.717, 1.165) is 6.26 Å². The number of hydrogen-bond acceptors (Lipinski definition) is 3. The molecule has 0 spiro atoms. The lowest BCUT2D eigenvalue weighted by atomic mass is 10.2. The van der Waals surface area contributed by atoms with Crippen molar-refractivity contribution >= 4 is 44.6 Å². The van der Waals surface area contributed by atoms with E-state index in [1.54, 1.807) is 24.3 Å². The van der Waals surface area contributed by atoms with Crippen molar-refractivity contribution in [2.45, 2.75) is 4.90 Å². The first-order valence-corrected chi connectivity index (χ1v) is 8.48. The van der Waals surface area contributed by atoms with Crippen LogP contribution in [-0.4, -0.2) is 20.6 Å². The predicted octanol–water partition coefficient (Wildman–Crippen LogP) is 3.65. The normalized spacial score (nSPS) is 11.2. The number of carbonyl (C=O) groups excluding carboxylic acids is 1. The minimum atomic E-state index is -3.38. The average molecular weight is 344 g/mol. The van der Waals surface area contributed by atoms with Gasteiger partial charge in [-0.1, -0.05) is 23.2 Å². The molecule has 1 N–H and O–H groups in total. The maximum absolute atomic E-state index is 12.1. The van der Waals surface area contributed by atoms with Crippen molar-refractivity contribution in [3.05, 3.63) is 58.1 Å². The molecule has 0 radical (unpaired) electrons. The van der Waals surface area contributed by atoms with Gasteiger partial charge in [-0.15, -0.1) is 0 Å². The summed E-state index contributed by atoms with van der Waals surface area (Å²) in [6, 6.07) is 10.4.